The first-order valence-electron chi connectivity index (χ1n) is 7.42. The van der Waals surface area contributed by atoms with Crippen molar-refractivity contribution in [3.8, 4) is 0 Å². The summed E-state index contributed by atoms with van der Waals surface area (Å²) < 4.78 is 0. The van der Waals surface area contributed by atoms with E-state index in [0.717, 1.165) is 35.9 Å². The fraction of sp³-hybridized carbons (Fsp3) is 0.471. The summed E-state index contributed by atoms with van der Waals surface area (Å²) >= 11 is 0. The molecule has 0 radical (unpaired) electrons. The number of hydrogen-bond acceptors (Lipinski definition) is 4. The summed E-state index contributed by atoms with van der Waals surface area (Å²) in [6.45, 7) is 8.51. The molecule has 21 heavy (non-hydrogen) atoms. The number of aryl methyl sites for hydroxylation is 1. The Hall–Kier alpha value is -1.97. The van der Waals surface area contributed by atoms with Gasteiger partial charge in [-0.15, -0.1) is 0 Å². The first-order chi connectivity index (χ1) is 9.92. The van der Waals surface area contributed by atoms with Gasteiger partial charge in [-0.1, -0.05) is 33.8 Å². The number of hydrogen-bond donors (Lipinski definition) is 1. The minimum Gasteiger partial charge on any atom is -0.373 e. The lowest BCUT2D eigenvalue weighted by molar-refractivity contribution is 0.543. The third-order valence-corrected chi connectivity index (χ3v) is 3.36. The van der Waals surface area contributed by atoms with Crippen molar-refractivity contribution in [2.45, 2.75) is 46.0 Å². The maximum atomic E-state index is 4.70. The maximum absolute atomic E-state index is 4.70. The van der Waals surface area contributed by atoms with Gasteiger partial charge >= 0.3 is 0 Å². The van der Waals surface area contributed by atoms with E-state index in [1.54, 1.807) is 0 Å². The van der Waals surface area contributed by atoms with Crippen LogP contribution in [0, 0.1) is 0 Å². The molecule has 4 nitrogen and oxygen atoms in total. The molecule has 0 aliphatic heterocycles. The summed E-state index contributed by atoms with van der Waals surface area (Å²) in [5, 5.41) is 3.11. The first-order valence-corrected chi connectivity index (χ1v) is 7.42. The predicted octanol–water partition coefficient (Wildman–Crippen LogP) is 3.36. The average molecular weight is 284 g/mol. The van der Waals surface area contributed by atoms with Gasteiger partial charge in [0.15, 0.2) is 0 Å². The van der Waals surface area contributed by atoms with Crippen LogP contribution in [0.1, 0.15) is 50.5 Å². The van der Waals surface area contributed by atoms with Crippen molar-refractivity contribution < 1.29 is 0 Å². The monoisotopic (exact) mass is 284 g/mol. The molecule has 0 amide bonds. The molecule has 0 fully saturated rings. The third kappa shape index (κ3) is 4.00. The lowest BCUT2D eigenvalue weighted by Gasteiger charge is -2.18. The standard InChI is InChI=1S/C17H24N4/c1-6-12-7-8-13(19-11-12)9-14-10-15(18-5)21-16(20-14)17(2,3)4/h7-8,10-11H,6,9H2,1-5H3,(H,18,20,21). The fourth-order valence-corrected chi connectivity index (χ4v) is 2.01. The molecule has 0 saturated heterocycles. The summed E-state index contributed by atoms with van der Waals surface area (Å²) in [6, 6.07) is 6.20. The van der Waals surface area contributed by atoms with Crippen LogP contribution < -0.4 is 5.32 Å². The first kappa shape index (κ1) is 15.4. The average Bonchev–Trinajstić information content (AvgIpc) is 2.46. The van der Waals surface area contributed by atoms with Crippen LogP contribution in [-0.2, 0) is 18.3 Å². The van der Waals surface area contributed by atoms with Crippen LogP contribution in [-0.4, -0.2) is 22.0 Å². The molecule has 0 spiro atoms. The van der Waals surface area contributed by atoms with Crippen molar-refractivity contribution in [1.82, 2.24) is 15.0 Å². The molecular weight excluding hydrogens is 260 g/mol. The molecule has 0 unspecified atom stereocenters. The Morgan fingerprint density at radius 1 is 1.10 bits per heavy atom. The highest BCUT2D eigenvalue weighted by molar-refractivity contribution is 5.37. The van der Waals surface area contributed by atoms with Crippen molar-refractivity contribution in [3.63, 3.8) is 0 Å². The Kier molecular flexibility index (Phi) is 4.56. The second-order valence-corrected chi connectivity index (χ2v) is 6.26. The molecule has 0 atom stereocenters. The Balaban J connectivity index is 2.29. The van der Waals surface area contributed by atoms with Crippen LogP contribution >= 0.6 is 0 Å². The normalized spacial score (nSPS) is 11.5. The van der Waals surface area contributed by atoms with Crippen LogP contribution in [0.5, 0.6) is 0 Å². The third-order valence-electron chi connectivity index (χ3n) is 3.36. The molecule has 2 aromatic heterocycles. The number of nitrogens with one attached hydrogen (secondary N) is 1. The number of nitrogens with zero attached hydrogens (tertiary/aromatic N) is 3. The SMILES string of the molecule is CCc1ccc(Cc2cc(NC)nc(C(C)(C)C)n2)nc1. The van der Waals surface area contributed by atoms with E-state index in [1.807, 2.05) is 19.3 Å². The van der Waals surface area contributed by atoms with Gasteiger partial charge in [-0.05, 0) is 18.1 Å². The van der Waals surface area contributed by atoms with Gasteiger partial charge in [-0.2, -0.15) is 0 Å². The fourth-order valence-electron chi connectivity index (χ4n) is 2.01. The Labute approximate surface area is 127 Å². The molecule has 2 rings (SSSR count). The zero-order valence-corrected chi connectivity index (χ0v) is 13.6. The zero-order valence-electron chi connectivity index (χ0n) is 13.6. The van der Waals surface area contributed by atoms with Crippen molar-refractivity contribution in [2.75, 3.05) is 12.4 Å². The highest BCUT2D eigenvalue weighted by Crippen LogP contribution is 2.21. The van der Waals surface area contributed by atoms with Crippen molar-refractivity contribution in [3.05, 3.63) is 47.2 Å². The molecule has 2 aromatic rings. The second-order valence-electron chi connectivity index (χ2n) is 6.26. The van der Waals surface area contributed by atoms with Gasteiger partial charge < -0.3 is 5.32 Å². The van der Waals surface area contributed by atoms with Crippen LogP contribution in [0.15, 0.2) is 24.4 Å². The van der Waals surface area contributed by atoms with E-state index in [2.05, 4.69) is 55.1 Å². The molecule has 0 aliphatic carbocycles. The van der Waals surface area contributed by atoms with Crippen molar-refractivity contribution in [2.24, 2.45) is 0 Å². The topological polar surface area (TPSA) is 50.7 Å². The second kappa shape index (κ2) is 6.20. The Bertz CT molecular complexity index is 597. The van der Waals surface area contributed by atoms with E-state index >= 15 is 0 Å². The quantitative estimate of drug-likeness (QED) is 0.935. The van der Waals surface area contributed by atoms with Crippen LogP contribution in [0.4, 0.5) is 5.82 Å². The van der Waals surface area contributed by atoms with Crippen LogP contribution in [0.25, 0.3) is 0 Å². The minimum absolute atomic E-state index is 0.0683. The molecule has 2 heterocycles. The lowest BCUT2D eigenvalue weighted by Crippen LogP contribution is -2.18. The van der Waals surface area contributed by atoms with Crippen molar-refractivity contribution >= 4 is 5.82 Å². The molecule has 0 aliphatic rings. The van der Waals surface area contributed by atoms with Gasteiger partial charge in [-0.3, -0.25) is 4.98 Å². The summed E-state index contributed by atoms with van der Waals surface area (Å²) in [4.78, 5) is 13.8. The summed E-state index contributed by atoms with van der Waals surface area (Å²) in [5.41, 5.74) is 3.22. The summed E-state index contributed by atoms with van der Waals surface area (Å²) in [5.74, 6) is 1.71. The van der Waals surface area contributed by atoms with Gasteiger partial charge in [0.2, 0.25) is 0 Å². The van der Waals surface area contributed by atoms with E-state index < -0.39 is 0 Å². The highest BCUT2D eigenvalue weighted by Gasteiger charge is 2.19. The molecular formula is C17H24N4. The van der Waals surface area contributed by atoms with E-state index in [4.69, 9.17) is 4.98 Å². The molecule has 4 heteroatoms. The van der Waals surface area contributed by atoms with Gasteiger partial charge in [0.1, 0.15) is 11.6 Å². The van der Waals surface area contributed by atoms with Gasteiger partial charge in [-0.25, -0.2) is 9.97 Å². The van der Waals surface area contributed by atoms with Gasteiger partial charge in [0.05, 0.1) is 5.69 Å². The molecule has 112 valence electrons. The van der Waals surface area contributed by atoms with Gasteiger partial charge in [0.25, 0.3) is 0 Å². The molecule has 0 bridgehead atoms. The number of pyridine rings is 1. The maximum Gasteiger partial charge on any atom is 0.136 e. The summed E-state index contributed by atoms with van der Waals surface area (Å²) in [6.07, 6.45) is 3.68. The van der Waals surface area contributed by atoms with E-state index in [0.29, 0.717) is 0 Å². The molecule has 0 saturated carbocycles. The van der Waals surface area contributed by atoms with Gasteiger partial charge in [0, 0.05) is 36.8 Å². The van der Waals surface area contributed by atoms with Crippen LogP contribution in [0.3, 0.4) is 0 Å². The zero-order chi connectivity index (χ0) is 15.5. The summed E-state index contributed by atoms with van der Waals surface area (Å²) in [7, 11) is 1.88. The number of aromatic nitrogens is 3. The smallest absolute Gasteiger partial charge is 0.136 e. The highest BCUT2D eigenvalue weighted by atomic mass is 15.0. The largest absolute Gasteiger partial charge is 0.373 e. The van der Waals surface area contributed by atoms with Crippen molar-refractivity contribution in [1.29, 1.82) is 0 Å². The van der Waals surface area contributed by atoms with E-state index in [-0.39, 0.29) is 5.41 Å². The number of rotatable bonds is 4. The van der Waals surface area contributed by atoms with Crippen LogP contribution in [0.2, 0.25) is 0 Å². The minimum atomic E-state index is -0.0683. The van der Waals surface area contributed by atoms with E-state index in [9.17, 15) is 0 Å². The Morgan fingerprint density at radius 3 is 2.38 bits per heavy atom. The van der Waals surface area contributed by atoms with E-state index in [1.165, 1.54) is 5.56 Å². The number of anilines is 1. The Morgan fingerprint density at radius 2 is 1.86 bits per heavy atom. The lowest BCUT2D eigenvalue weighted by atomic mass is 9.95. The molecule has 1 N–H and O–H groups in total. The molecule has 0 aromatic carbocycles. The predicted molar refractivity (Wildman–Crippen MR) is 86.7 cm³/mol.